The van der Waals surface area contributed by atoms with Crippen molar-refractivity contribution < 1.29 is 13.9 Å². The maximum absolute atomic E-state index is 12.1. The third kappa shape index (κ3) is 5.76. The Morgan fingerprint density at radius 1 is 1.30 bits per heavy atom. The molecule has 2 aromatic heterocycles. The van der Waals surface area contributed by atoms with E-state index in [1.165, 1.54) is 0 Å². The zero-order valence-electron chi connectivity index (χ0n) is 14.1. The molecule has 0 aliphatic heterocycles. The third-order valence-electron chi connectivity index (χ3n) is 3.60. The first-order valence-corrected chi connectivity index (χ1v) is 9.69. The fourth-order valence-electron chi connectivity index (χ4n) is 2.31. The van der Waals surface area contributed by atoms with E-state index < -0.39 is 0 Å². The van der Waals surface area contributed by atoms with Crippen molar-refractivity contribution in [3.05, 3.63) is 68.8 Å². The molecular formula is C18H16BrCl2N3O3. The predicted octanol–water partition coefficient (Wildman–Crippen LogP) is 4.94. The second kappa shape index (κ2) is 9.30. The Labute approximate surface area is 174 Å². The van der Waals surface area contributed by atoms with E-state index in [0.29, 0.717) is 34.6 Å². The number of rotatable bonds is 8. The molecule has 0 bridgehead atoms. The molecule has 6 nitrogen and oxygen atoms in total. The highest BCUT2D eigenvalue weighted by atomic mass is 79.9. The first kappa shape index (κ1) is 19.8. The number of halogens is 3. The van der Waals surface area contributed by atoms with Crippen molar-refractivity contribution in [2.45, 2.75) is 19.6 Å². The van der Waals surface area contributed by atoms with Crippen LogP contribution in [0.15, 0.2) is 51.6 Å². The van der Waals surface area contributed by atoms with Gasteiger partial charge in [0.1, 0.15) is 18.1 Å². The maximum Gasteiger partial charge on any atom is 0.286 e. The lowest BCUT2D eigenvalue weighted by molar-refractivity contribution is 0.0921. The van der Waals surface area contributed by atoms with Gasteiger partial charge in [-0.25, -0.2) is 0 Å². The molecule has 27 heavy (non-hydrogen) atoms. The van der Waals surface area contributed by atoms with Crippen LogP contribution in [0.4, 0.5) is 0 Å². The summed E-state index contributed by atoms with van der Waals surface area (Å²) in [6.07, 6.45) is 4.04. The molecule has 0 atom stereocenters. The van der Waals surface area contributed by atoms with Crippen LogP contribution in [0.2, 0.25) is 10.0 Å². The zero-order chi connectivity index (χ0) is 19.2. The summed E-state index contributed by atoms with van der Waals surface area (Å²) in [5.41, 5.74) is 0. The molecule has 142 valence electrons. The number of aromatic nitrogens is 2. The number of amides is 1. The summed E-state index contributed by atoms with van der Waals surface area (Å²) in [7, 11) is 0. The van der Waals surface area contributed by atoms with Crippen LogP contribution in [0, 0.1) is 0 Å². The van der Waals surface area contributed by atoms with Gasteiger partial charge in [-0.05, 0) is 36.8 Å². The molecule has 0 radical (unpaired) electrons. The third-order valence-corrected chi connectivity index (χ3v) is 4.58. The molecule has 0 aliphatic carbocycles. The van der Waals surface area contributed by atoms with Crippen molar-refractivity contribution in [1.29, 1.82) is 0 Å². The molecule has 0 fully saturated rings. The van der Waals surface area contributed by atoms with E-state index in [0.717, 1.165) is 10.9 Å². The molecule has 0 saturated heterocycles. The Hall–Kier alpha value is -1.96. The second-order valence-electron chi connectivity index (χ2n) is 5.66. The summed E-state index contributed by atoms with van der Waals surface area (Å²) in [6.45, 7) is 1.34. The van der Waals surface area contributed by atoms with Gasteiger partial charge in [-0.3, -0.25) is 9.48 Å². The number of nitrogens with zero attached hydrogens (tertiary/aromatic N) is 2. The van der Waals surface area contributed by atoms with Crippen LogP contribution >= 0.6 is 39.1 Å². The Bertz CT molecular complexity index is 926. The van der Waals surface area contributed by atoms with Crippen molar-refractivity contribution in [1.82, 2.24) is 15.1 Å². The summed E-state index contributed by atoms with van der Waals surface area (Å²) < 4.78 is 13.7. The topological polar surface area (TPSA) is 69.3 Å². The van der Waals surface area contributed by atoms with Gasteiger partial charge in [0.25, 0.3) is 5.91 Å². The number of carbonyl (C=O) groups is 1. The summed E-state index contributed by atoms with van der Waals surface area (Å²) in [5, 5.41) is 7.97. The van der Waals surface area contributed by atoms with Crippen LogP contribution in [0.5, 0.6) is 5.75 Å². The van der Waals surface area contributed by atoms with Gasteiger partial charge in [-0.15, -0.1) is 0 Å². The number of hydrogen-bond donors (Lipinski definition) is 1. The van der Waals surface area contributed by atoms with Crippen molar-refractivity contribution in [2.75, 3.05) is 6.54 Å². The van der Waals surface area contributed by atoms with E-state index >= 15 is 0 Å². The van der Waals surface area contributed by atoms with Crippen molar-refractivity contribution in [3.8, 4) is 5.75 Å². The molecule has 1 amide bonds. The SMILES string of the molecule is O=C(NCCCn1cc(Cl)cn1)c1ccc(COc2ccc(Br)cc2Cl)o1. The largest absolute Gasteiger partial charge is 0.484 e. The Morgan fingerprint density at radius 3 is 2.89 bits per heavy atom. The van der Waals surface area contributed by atoms with E-state index in [1.807, 2.05) is 6.07 Å². The summed E-state index contributed by atoms with van der Waals surface area (Å²) in [4.78, 5) is 12.1. The highest BCUT2D eigenvalue weighted by Crippen LogP contribution is 2.28. The number of aryl methyl sites for hydroxylation is 1. The van der Waals surface area contributed by atoms with Crippen LogP contribution in [0.3, 0.4) is 0 Å². The summed E-state index contributed by atoms with van der Waals surface area (Å²) in [6, 6.07) is 8.65. The summed E-state index contributed by atoms with van der Waals surface area (Å²) in [5.74, 6) is 1.03. The average Bonchev–Trinajstić information content (AvgIpc) is 3.27. The zero-order valence-corrected chi connectivity index (χ0v) is 17.2. The van der Waals surface area contributed by atoms with Gasteiger partial charge in [-0.2, -0.15) is 5.10 Å². The minimum absolute atomic E-state index is 0.175. The standard InChI is InChI=1S/C18H16BrCl2N3O3/c19-12-2-4-16(15(21)8-12)26-11-14-3-5-17(27-14)18(25)22-6-1-7-24-10-13(20)9-23-24/h2-5,8-10H,1,6-7,11H2,(H,22,25). The molecule has 0 saturated carbocycles. The van der Waals surface area contributed by atoms with Crippen LogP contribution in [-0.4, -0.2) is 22.2 Å². The Balaban J connectivity index is 1.44. The number of nitrogens with one attached hydrogen (secondary N) is 1. The minimum Gasteiger partial charge on any atom is -0.484 e. The first-order chi connectivity index (χ1) is 13.0. The highest BCUT2D eigenvalue weighted by Gasteiger charge is 2.12. The van der Waals surface area contributed by atoms with Crippen molar-refractivity contribution in [3.63, 3.8) is 0 Å². The van der Waals surface area contributed by atoms with Gasteiger partial charge >= 0.3 is 0 Å². The van der Waals surface area contributed by atoms with Gasteiger partial charge in [0.15, 0.2) is 5.76 Å². The Morgan fingerprint density at radius 2 is 2.15 bits per heavy atom. The fraction of sp³-hybridized carbons (Fsp3) is 0.222. The summed E-state index contributed by atoms with van der Waals surface area (Å²) >= 11 is 15.2. The highest BCUT2D eigenvalue weighted by molar-refractivity contribution is 9.10. The van der Waals surface area contributed by atoms with Gasteiger partial charge in [0, 0.05) is 23.8 Å². The molecule has 0 spiro atoms. The van der Waals surface area contributed by atoms with Gasteiger partial charge in [-0.1, -0.05) is 39.1 Å². The van der Waals surface area contributed by atoms with Gasteiger partial charge in [0.05, 0.1) is 16.2 Å². The van der Waals surface area contributed by atoms with Crippen molar-refractivity contribution >= 4 is 45.0 Å². The predicted molar refractivity (Wildman–Crippen MR) is 106 cm³/mol. The molecule has 3 rings (SSSR count). The van der Waals surface area contributed by atoms with Crippen LogP contribution in [0.25, 0.3) is 0 Å². The average molecular weight is 473 g/mol. The second-order valence-corrected chi connectivity index (χ2v) is 7.42. The lowest BCUT2D eigenvalue weighted by Crippen LogP contribution is -2.24. The van der Waals surface area contributed by atoms with E-state index in [-0.39, 0.29) is 18.3 Å². The minimum atomic E-state index is -0.276. The monoisotopic (exact) mass is 471 g/mol. The van der Waals surface area contributed by atoms with Crippen LogP contribution < -0.4 is 10.1 Å². The molecule has 2 heterocycles. The quantitative estimate of drug-likeness (QED) is 0.471. The number of benzene rings is 1. The number of carbonyl (C=O) groups excluding carboxylic acids is 1. The van der Waals surface area contributed by atoms with Crippen molar-refractivity contribution in [2.24, 2.45) is 0 Å². The normalized spacial score (nSPS) is 10.8. The molecular weight excluding hydrogens is 457 g/mol. The van der Waals surface area contributed by atoms with Gasteiger partial charge in [0.2, 0.25) is 0 Å². The van der Waals surface area contributed by atoms with E-state index in [4.69, 9.17) is 32.4 Å². The van der Waals surface area contributed by atoms with E-state index in [9.17, 15) is 4.79 Å². The first-order valence-electron chi connectivity index (χ1n) is 8.14. The molecule has 9 heteroatoms. The van der Waals surface area contributed by atoms with E-state index in [1.54, 1.807) is 41.3 Å². The lowest BCUT2D eigenvalue weighted by Gasteiger charge is -2.06. The number of ether oxygens (including phenoxy) is 1. The van der Waals surface area contributed by atoms with E-state index in [2.05, 4.69) is 26.3 Å². The molecule has 1 N–H and O–H groups in total. The maximum atomic E-state index is 12.1. The number of furan rings is 1. The van der Waals surface area contributed by atoms with Crippen LogP contribution in [0.1, 0.15) is 22.7 Å². The molecule has 1 aromatic carbocycles. The lowest BCUT2D eigenvalue weighted by atomic mass is 10.3. The van der Waals surface area contributed by atoms with Gasteiger partial charge < -0.3 is 14.5 Å². The van der Waals surface area contributed by atoms with Crippen LogP contribution in [-0.2, 0) is 13.2 Å². The smallest absolute Gasteiger partial charge is 0.286 e. The Kier molecular flexibility index (Phi) is 6.82. The molecule has 3 aromatic rings. The molecule has 0 unspecified atom stereocenters. The fourth-order valence-corrected chi connectivity index (χ4v) is 3.19. The number of hydrogen-bond acceptors (Lipinski definition) is 4. The molecule has 0 aliphatic rings.